The van der Waals surface area contributed by atoms with Gasteiger partial charge in [-0.05, 0) is 61.2 Å². The second-order valence-corrected chi connectivity index (χ2v) is 10.5. The number of allylic oxidation sites excluding steroid dienone is 2. The van der Waals surface area contributed by atoms with Crippen molar-refractivity contribution < 1.29 is 27.5 Å². The molecular formula is C27H26F3NO3S. The monoisotopic (exact) mass is 501 g/mol. The molecule has 4 nitrogen and oxygen atoms in total. The van der Waals surface area contributed by atoms with E-state index >= 15 is 0 Å². The third-order valence-corrected chi connectivity index (χ3v) is 8.26. The van der Waals surface area contributed by atoms with E-state index < -0.39 is 29.5 Å². The Kier molecular flexibility index (Phi) is 6.34. The number of alkyl halides is 3. The topological polar surface area (TPSA) is 55.4 Å². The molecular weight excluding hydrogens is 475 g/mol. The first-order chi connectivity index (χ1) is 16.7. The molecule has 1 aromatic carbocycles. The maximum atomic E-state index is 13.5. The van der Waals surface area contributed by atoms with Crippen molar-refractivity contribution in [1.82, 2.24) is 5.32 Å². The molecule has 1 aliphatic heterocycles. The van der Waals surface area contributed by atoms with Gasteiger partial charge in [0.15, 0.2) is 5.78 Å². The third kappa shape index (κ3) is 4.68. The summed E-state index contributed by atoms with van der Waals surface area (Å²) in [5.74, 6) is -2.22. The van der Waals surface area contributed by atoms with Gasteiger partial charge >= 0.3 is 12.1 Å². The van der Waals surface area contributed by atoms with Crippen LogP contribution in [0.5, 0.6) is 0 Å². The van der Waals surface area contributed by atoms with Crippen molar-refractivity contribution in [3.05, 3.63) is 81.3 Å². The standard InChI is InChI=1S/C27H26F3NO3S/c1-15-23(26(33)34-19-5-2-3-6-19)24(16-8-10-18(11-9-16)27(28,29)30)25-20(31-15)13-17(14-21(25)32)22-7-4-12-35-22/h4,7-12,17,19,23-24,31H,1-3,5-6,13-14H2. The molecule has 0 amide bonds. The van der Waals surface area contributed by atoms with E-state index in [2.05, 4.69) is 11.9 Å². The number of thiophene rings is 1. The smallest absolute Gasteiger partial charge is 0.416 e. The fourth-order valence-corrected chi connectivity index (χ4v) is 6.37. The van der Waals surface area contributed by atoms with E-state index in [1.807, 2.05) is 17.5 Å². The number of carbonyl (C=O) groups is 2. The van der Waals surface area contributed by atoms with Crippen LogP contribution in [-0.2, 0) is 20.5 Å². The van der Waals surface area contributed by atoms with Crippen LogP contribution < -0.4 is 5.32 Å². The Morgan fingerprint density at radius 2 is 1.80 bits per heavy atom. The molecule has 0 bridgehead atoms. The quantitative estimate of drug-likeness (QED) is 0.488. The maximum absolute atomic E-state index is 13.5. The number of esters is 1. The van der Waals surface area contributed by atoms with Crippen molar-refractivity contribution in [3.63, 3.8) is 0 Å². The first-order valence-corrected chi connectivity index (χ1v) is 12.7. The average molecular weight is 502 g/mol. The van der Waals surface area contributed by atoms with Gasteiger partial charge < -0.3 is 10.1 Å². The Labute approximate surface area is 205 Å². The lowest BCUT2D eigenvalue weighted by Crippen LogP contribution is -2.42. The minimum Gasteiger partial charge on any atom is -0.462 e. The van der Waals surface area contributed by atoms with Gasteiger partial charge in [0.25, 0.3) is 0 Å². The van der Waals surface area contributed by atoms with E-state index in [1.165, 1.54) is 12.1 Å². The van der Waals surface area contributed by atoms with Gasteiger partial charge in [-0.1, -0.05) is 24.8 Å². The van der Waals surface area contributed by atoms with Crippen LogP contribution >= 0.6 is 11.3 Å². The third-order valence-electron chi connectivity index (χ3n) is 7.22. The molecule has 35 heavy (non-hydrogen) atoms. The highest BCUT2D eigenvalue weighted by atomic mass is 32.1. The summed E-state index contributed by atoms with van der Waals surface area (Å²) >= 11 is 1.59. The SMILES string of the molecule is C=C1NC2=C(C(=O)CC(c3cccs3)C2)C(c2ccc(C(F)(F)F)cc2)C1C(=O)OC1CCCC1. The Balaban J connectivity index is 1.54. The zero-order valence-electron chi connectivity index (χ0n) is 19.1. The molecule has 2 aromatic rings. The fraction of sp³-hybridized carbons (Fsp3) is 0.407. The van der Waals surface area contributed by atoms with Crippen LogP contribution in [0.1, 0.15) is 66.4 Å². The molecule has 2 heterocycles. The molecule has 1 aromatic heterocycles. The summed E-state index contributed by atoms with van der Waals surface area (Å²) in [6.45, 7) is 4.09. The summed E-state index contributed by atoms with van der Waals surface area (Å²) in [5, 5.41) is 5.19. The van der Waals surface area contributed by atoms with E-state index in [9.17, 15) is 22.8 Å². The number of nitrogens with one attached hydrogen (secondary N) is 1. The minimum atomic E-state index is -4.48. The van der Waals surface area contributed by atoms with Gasteiger partial charge in [0.2, 0.25) is 0 Å². The highest BCUT2D eigenvalue weighted by molar-refractivity contribution is 7.10. The molecule has 1 N–H and O–H groups in total. The summed E-state index contributed by atoms with van der Waals surface area (Å²) in [6, 6.07) is 8.68. The number of hydrogen-bond donors (Lipinski definition) is 1. The summed E-state index contributed by atoms with van der Waals surface area (Å²) in [5.41, 5.74) is 1.26. The van der Waals surface area contributed by atoms with Crippen molar-refractivity contribution in [2.75, 3.05) is 0 Å². The molecule has 1 fully saturated rings. The zero-order chi connectivity index (χ0) is 24.7. The summed E-state index contributed by atoms with van der Waals surface area (Å²) in [4.78, 5) is 28.0. The second kappa shape index (κ2) is 9.30. The lowest BCUT2D eigenvalue weighted by molar-refractivity contribution is -0.153. The number of carbonyl (C=O) groups excluding carboxylic acids is 2. The van der Waals surface area contributed by atoms with Crippen LogP contribution in [0.15, 0.2) is 65.3 Å². The predicted octanol–water partition coefficient (Wildman–Crippen LogP) is 6.47. The second-order valence-electron chi connectivity index (χ2n) is 9.50. The zero-order valence-corrected chi connectivity index (χ0v) is 19.9. The van der Waals surface area contributed by atoms with E-state index in [0.29, 0.717) is 29.0 Å². The van der Waals surface area contributed by atoms with Crippen molar-refractivity contribution in [3.8, 4) is 0 Å². The van der Waals surface area contributed by atoms with Gasteiger partial charge in [0, 0.05) is 40.1 Å². The molecule has 5 rings (SSSR count). The van der Waals surface area contributed by atoms with Crippen molar-refractivity contribution >= 4 is 23.1 Å². The highest BCUT2D eigenvalue weighted by Crippen LogP contribution is 2.48. The first kappa shape index (κ1) is 23.9. The number of benzene rings is 1. The van der Waals surface area contributed by atoms with Crippen LogP contribution in [0.2, 0.25) is 0 Å². The van der Waals surface area contributed by atoms with Crippen molar-refractivity contribution in [1.29, 1.82) is 0 Å². The van der Waals surface area contributed by atoms with Gasteiger partial charge in [-0.2, -0.15) is 13.2 Å². The normalized spacial score (nSPS) is 25.4. The Morgan fingerprint density at radius 3 is 2.43 bits per heavy atom. The molecule has 3 unspecified atom stereocenters. The number of ether oxygens (including phenoxy) is 1. The fourth-order valence-electron chi connectivity index (χ4n) is 5.53. The van der Waals surface area contributed by atoms with E-state index in [0.717, 1.165) is 42.7 Å². The van der Waals surface area contributed by atoms with Crippen LogP contribution in [0, 0.1) is 5.92 Å². The van der Waals surface area contributed by atoms with Gasteiger partial charge in [-0.3, -0.25) is 9.59 Å². The summed E-state index contributed by atoms with van der Waals surface area (Å²) < 4.78 is 45.4. The van der Waals surface area contributed by atoms with Crippen LogP contribution in [0.4, 0.5) is 13.2 Å². The lowest BCUT2D eigenvalue weighted by Gasteiger charge is -2.40. The predicted molar refractivity (Wildman–Crippen MR) is 127 cm³/mol. The number of Topliss-reactive ketones (excluding diaryl/α,β-unsaturated/α-hetero) is 1. The lowest BCUT2D eigenvalue weighted by atomic mass is 9.69. The van der Waals surface area contributed by atoms with Crippen LogP contribution in [0.25, 0.3) is 0 Å². The molecule has 0 spiro atoms. The minimum absolute atomic E-state index is 0.0109. The summed E-state index contributed by atoms with van der Waals surface area (Å²) in [7, 11) is 0. The van der Waals surface area contributed by atoms with Crippen molar-refractivity contribution in [2.45, 2.75) is 62.6 Å². The molecule has 1 saturated carbocycles. The van der Waals surface area contributed by atoms with E-state index in [1.54, 1.807) is 11.3 Å². The van der Waals surface area contributed by atoms with E-state index in [4.69, 9.17) is 4.74 Å². The molecule has 2 aliphatic carbocycles. The number of hydrogen-bond acceptors (Lipinski definition) is 5. The number of rotatable bonds is 4. The number of halogens is 3. The average Bonchev–Trinajstić information content (AvgIpc) is 3.52. The van der Waals surface area contributed by atoms with E-state index in [-0.39, 0.29) is 24.2 Å². The molecule has 3 atom stereocenters. The molecule has 184 valence electrons. The molecule has 0 radical (unpaired) electrons. The summed E-state index contributed by atoms with van der Waals surface area (Å²) in [6.07, 6.45) is -0.238. The van der Waals surface area contributed by atoms with Crippen LogP contribution in [-0.4, -0.2) is 17.9 Å². The molecule has 3 aliphatic rings. The maximum Gasteiger partial charge on any atom is 0.416 e. The van der Waals surface area contributed by atoms with Crippen LogP contribution in [0.3, 0.4) is 0 Å². The molecule has 0 saturated heterocycles. The largest absolute Gasteiger partial charge is 0.462 e. The Hall–Kier alpha value is -2.87. The Morgan fingerprint density at radius 1 is 1.09 bits per heavy atom. The van der Waals surface area contributed by atoms with Gasteiger partial charge in [0.05, 0.1) is 5.56 Å². The van der Waals surface area contributed by atoms with Gasteiger partial charge in [-0.15, -0.1) is 11.3 Å². The Bertz CT molecular complexity index is 1160. The van der Waals surface area contributed by atoms with Crippen molar-refractivity contribution in [2.24, 2.45) is 5.92 Å². The first-order valence-electron chi connectivity index (χ1n) is 11.9. The highest BCUT2D eigenvalue weighted by Gasteiger charge is 2.46. The number of ketones is 1. The van der Waals surface area contributed by atoms with Gasteiger partial charge in [0.1, 0.15) is 12.0 Å². The molecule has 8 heteroatoms. The van der Waals surface area contributed by atoms with Gasteiger partial charge in [-0.25, -0.2) is 0 Å².